The smallest absolute Gasteiger partial charge is 0.161 e. The lowest BCUT2D eigenvalue weighted by molar-refractivity contribution is 0.628. The quantitative estimate of drug-likeness (QED) is 0.915. The normalized spacial score (nSPS) is 14.3. The molecule has 0 atom stereocenters. The molecule has 1 fully saturated rings. The van der Waals surface area contributed by atoms with Crippen molar-refractivity contribution in [3.8, 4) is 11.4 Å². The molecular formula is C15H15ClFN3. The van der Waals surface area contributed by atoms with Gasteiger partial charge in [-0.3, -0.25) is 0 Å². The Hall–Kier alpha value is -1.68. The second-order valence-electron chi connectivity index (χ2n) is 4.94. The Morgan fingerprint density at radius 2 is 2.10 bits per heavy atom. The maximum absolute atomic E-state index is 13.2. The molecule has 0 amide bonds. The van der Waals surface area contributed by atoms with Gasteiger partial charge < -0.3 is 5.32 Å². The van der Waals surface area contributed by atoms with E-state index in [1.54, 1.807) is 12.1 Å². The fourth-order valence-electron chi connectivity index (χ4n) is 2.09. The Labute approximate surface area is 122 Å². The van der Waals surface area contributed by atoms with Gasteiger partial charge in [-0.05, 0) is 38.0 Å². The van der Waals surface area contributed by atoms with Crippen molar-refractivity contribution in [1.29, 1.82) is 0 Å². The molecule has 5 heteroatoms. The number of anilines is 1. The van der Waals surface area contributed by atoms with Gasteiger partial charge in [-0.1, -0.05) is 11.6 Å². The summed E-state index contributed by atoms with van der Waals surface area (Å²) in [5, 5.41) is 3.30. The number of rotatable bonds is 4. The predicted octanol–water partition coefficient (Wildman–Crippen LogP) is 4.25. The lowest BCUT2D eigenvalue weighted by atomic mass is 10.2. The van der Waals surface area contributed by atoms with Crippen molar-refractivity contribution in [2.75, 3.05) is 11.9 Å². The molecule has 1 N–H and O–H groups in total. The van der Waals surface area contributed by atoms with Crippen molar-refractivity contribution >= 4 is 17.4 Å². The van der Waals surface area contributed by atoms with E-state index in [9.17, 15) is 4.39 Å². The largest absolute Gasteiger partial charge is 0.370 e. The molecule has 0 unspecified atom stereocenters. The van der Waals surface area contributed by atoms with E-state index in [4.69, 9.17) is 11.6 Å². The molecule has 1 aromatic carbocycles. The summed E-state index contributed by atoms with van der Waals surface area (Å²) in [7, 11) is 0. The summed E-state index contributed by atoms with van der Waals surface area (Å²) in [5.74, 6) is 1.50. The summed E-state index contributed by atoms with van der Waals surface area (Å²) in [6.07, 6.45) is 2.35. The average molecular weight is 292 g/mol. The van der Waals surface area contributed by atoms with Crippen LogP contribution in [0.1, 0.15) is 31.4 Å². The van der Waals surface area contributed by atoms with E-state index < -0.39 is 5.82 Å². The van der Waals surface area contributed by atoms with E-state index in [0.29, 0.717) is 11.7 Å². The number of aromatic nitrogens is 2. The number of hydrogen-bond acceptors (Lipinski definition) is 3. The Kier molecular flexibility index (Phi) is 3.57. The molecule has 1 saturated carbocycles. The summed E-state index contributed by atoms with van der Waals surface area (Å²) in [5.41, 5.74) is 1.78. The van der Waals surface area contributed by atoms with Crippen LogP contribution in [0, 0.1) is 5.82 Å². The van der Waals surface area contributed by atoms with Gasteiger partial charge in [0.15, 0.2) is 5.82 Å². The molecule has 2 aromatic rings. The second-order valence-corrected chi connectivity index (χ2v) is 5.34. The first-order chi connectivity index (χ1) is 9.67. The van der Waals surface area contributed by atoms with Crippen LogP contribution in [0.3, 0.4) is 0 Å². The van der Waals surface area contributed by atoms with Gasteiger partial charge in [0.1, 0.15) is 11.6 Å². The molecule has 0 bridgehead atoms. The lowest BCUT2D eigenvalue weighted by Crippen LogP contribution is -2.03. The molecule has 0 radical (unpaired) electrons. The third-order valence-electron chi connectivity index (χ3n) is 3.28. The molecule has 1 heterocycles. The highest BCUT2D eigenvalue weighted by Crippen LogP contribution is 2.40. The Morgan fingerprint density at radius 3 is 2.75 bits per heavy atom. The third-order valence-corrected chi connectivity index (χ3v) is 3.57. The summed E-state index contributed by atoms with van der Waals surface area (Å²) >= 11 is 5.83. The highest BCUT2D eigenvalue weighted by molar-refractivity contribution is 6.31. The van der Waals surface area contributed by atoms with E-state index >= 15 is 0 Å². The molecule has 104 valence electrons. The standard InChI is InChI=1S/C15H15ClFN3/c1-2-18-14-8-13(9-3-4-9)19-15(20-14)10-5-6-12(17)11(16)7-10/h5-9H,2-4H2,1H3,(H,18,19,20). The summed E-state index contributed by atoms with van der Waals surface area (Å²) < 4.78 is 13.2. The summed E-state index contributed by atoms with van der Waals surface area (Å²) in [6, 6.07) is 6.56. The van der Waals surface area contributed by atoms with Crippen molar-refractivity contribution in [2.45, 2.75) is 25.7 Å². The zero-order valence-corrected chi connectivity index (χ0v) is 11.9. The van der Waals surface area contributed by atoms with Crippen molar-refractivity contribution in [3.63, 3.8) is 0 Å². The number of hydrogen-bond donors (Lipinski definition) is 1. The van der Waals surface area contributed by atoms with Crippen LogP contribution in [0.25, 0.3) is 11.4 Å². The molecule has 3 nitrogen and oxygen atoms in total. The van der Waals surface area contributed by atoms with Crippen molar-refractivity contribution in [2.24, 2.45) is 0 Å². The summed E-state index contributed by atoms with van der Waals surface area (Å²) in [4.78, 5) is 9.06. The molecular weight excluding hydrogens is 277 g/mol. The first-order valence-electron chi connectivity index (χ1n) is 6.75. The number of nitrogens with one attached hydrogen (secondary N) is 1. The van der Waals surface area contributed by atoms with Crippen molar-refractivity contribution in [1.82, 2.24) is 9.97 Å². The Bertz CT molecular complexity index is 641. The number of halogens is 2. The van der Waals surface area contributed by atoms with Gasteiger partial charge >= 0.3 is 0 Å². The van der Waals surface area contributed by atoms with Crippen molar-refractivity contribution < 1.29 is 4.39 Å². The number of benzene rings is 1. The third kappa shape index (κ3) is 2.75. The maximum atomic E-state index is 13.2. The molecule has 1 aliphatic rings. The van der Waals surface area contributed by atoms with E-state index in [1.807, 2.05) is 13.0 Å². The van der Waals surface area contributed by atoms with E-state index in [1.165, 1.54) is 18.9 Å². The minimum absolute atomic E-state index is 0.0907. The minimum Gasteiger partial charge on any atom is -0.370 e. The first-order valence-corrected chi connectivity index (χ1v) is 7.13. The van der Waals surface area contributed by atoms with Gasteiger partial charge in [-0.2, -0.15) is 0 Å². The molecule has 20 heavy (non-hydrogen) atoms. The Balaban J connectivity index is 2.04. The SMILES string of the molecule is CCNc1cc(C2CC2)nc(-c2ccc(F)c(Cl)c2)n1. The van der Waals surface area contributed by atoms with Gasteiger partial charge in [0.25, 0.3) is 0 Å². The van der Waals surface area contributed by atoms with Crippen LogP contribution in [0.15, 0.2) is 24.3 Å². The van der Waals surface area contributed by atoms with Gasteiger partial charge in [0.05, 0.1) is 5.02 Å². The van der Waals surface area contributed by atoms with Gasteiger partial charge in [0.2, 0.25) is 0 Å². The van der Waals surface area contributed by atoms with E-state index in [2.05, 4.69) is 15.3 Å². The zero-order chi connectivity index (χ0) is 14.1. The molecule has 0 spiro atoms. The van der Waals surface area contributed by atoms with Gasteiger partial charge in [0, 0.05) is 29.8 Å². The van der Waals surface area contributed by atoms with Crippen LogP contribution in [-0.2, 0) is 0 Å². The highest BCUT2D eigenvalue weighted by atomic mass is 35.5. The van der Waals surface area contributed by atoms with Crippen LogP contribution in [0.2, 0.25) is 5.02 Å². The van der Waals surface area contributed by atoms with Crippen LogP contribution in [0.5, 0.6) is 0 Å². The molecule has 0 saturated heterocycles. The van der Waals surface area contributed by atoms with E-state index in [-0.39, 0.29) is 5.02 Å². The molecule has 3 rings (SSSR count). The fourth-order valence-corrected chi connectivity index (χ4v) is 2.27. The van der Waals surface area contributed by atoms with Gasteiger partial charge in [-0.25, -0.2) is 14.4 Å². The lowest BCUT2D eigenvalue weighted by Gasteiger charge is -2.09. The Morgan fingerprint density at radius 1 is 1.30 bits per heavy atom. The fraction of sp³-hybridized carbons (Fsp3) is 0.333. The predicted molar refractivity (Wildman–Crippen MR) is 78.6 cm³/mol. The van der Waals surface area contributed by atoms with Crippen LogP contribution < -0.4 is 5.32 Å². The van der Waals surface area contributed by atoms with Crippen LogP contribution in [0.4, 0.5) is 10.2 Å². The van der Waals surface area contributed by atoms with Crippen LogP contribution in [-0.4, -0.2) is 16.5 Å². The average Bonchev–Trinajstić information content (AvgIpc) is 3.26. The molecule has 0 aliphatic heterocycles. The topological polar surface area (TPSA) is 37.8 Å². The van der Waals surface area contributed by atoms with Gasteiger partial charge in [-0.15, -0.1) is 0 Å². The summed E-state index contributed by atoms with van der Waals surface area (Å²) in [6.45, 7) is 2.82. The maximum Gasteiger partial charge on any atom is 0.161 e. The number of nitrogens with zero attached hydrogens (tertiary/aromatic N) is 2. The zero-order valence-electron chi connectivity index (χ0n) is 11.2. The first kappa shape index (κ1) is 13.3. The minimum atomic E-state index is -0.430. The molecule has 1 aliphatic carbocycles. The highest BCUT2D eigenvalue weighted by Gasteiger charge is 2.26. The second kappa shape index (κ2) is 5.37. The van der Waals surface area contributed by atoms with Crippen LogP contribution >= 0.6 is 11.6 Å². The van der Waals surface area contributed by atoms with Crippen molar-refractivity contribution in [3.05, 3.63) is 40.8 Å². The molecule has 1 aromatic heterocycles. The monoisotopic (exact) mass is 291 g/mol. The van der Waals surface area contributed by atoms with E-state index in [0.717, 1.165) is 23.6 Å².